The zero-order valence-corrected chi connectivity index (χ0v) is 18.6. The van der Waals surface area contributed by atoms with E-state index in [9.17, 15) is 4.79 Å². The molecule has 2 heterocycles. The number of carbonyl (C=O) groups is 1. The molecule has 1 aliphatic rings. The van der Waals surface area contributed by atoms with Crippen LogP contribution in [-0.2, 0) is 13.5 Å². The van der Waals surface area contributed by atoms with Crippen LogP contribution < -0.4 is 4.74 Å². The Labute approximate surface area is 175 Å². The van der Waals surface area contributed by atoms with Crippen LogP contribution in [0, 0.1) is 19.8 Å². The third-order valence-electron chi connectivity index (χ3n) is 6.36. The zero-order chi connectivity index (χ0) is 21.0. The molecule has 1 aromatic carbocycles. The number of aromatic nitrogens is 1. The van der Waals surface area contributed by atoms with E-state index in [0.717, 1.165) is 55.3 Å². The molecule has 0 unspecified atom stereocenters. The van der Waals surface area contributed by atoms with Crippen molar-refractivity contribution in [2.24, 2.45) is 13.0 Å². The van der Waals surface area contributed by atoms with Crippen LogP contribution in [0.25, 0.3) is 0 Å². The van der Waals surface area contributed by atoms with Gasteiger partial charge < -0.3 is 19.1 Å². The van der Waals surface area contributed by atoms with Gasteiger partial charge in [-0.25, -0.2) is 0 Å². The average Bonchev–Trinajstić information content (AvgIpc) is 2.99. The Morgan fingerprint density at radius 3 is 2.59 bits per heavy atom. The minimum Gasteiger partial charge on any atom is -0.497 e. The SMILES string of the molecule is COc1ccc(CCN2CCC[C@H](CN(C)C(=O)c3cc(C)n(C)c3C)C2)cc1. The summed E-state index contributed by atoms with van der Waals surface area (Å²) in [5.41, 5.74) is 4.35. The van der Waals surface area contributed by atoms with E-state index in [0.29, 0.717) is 5.92 Å². The standard InChI is InChI=1S/C24H35N3O2/c1-18-15-23(19(2)26(18)4)24(28)25(3)16-21-7-6-13-27(17-21)14-12-20-8-10-22(29-5)11-9-20/h8-11,15,21H,6-7,12-14,16-17H2,1-5H3/t21-/m1/s1. The van der Waals surface area contributed by atoms with Crippen molar-refractivity contribution in [1.29, 1.82) is 0 Å². The Morgan fingerprint density at radius 2 is 1.97 bits per heavy atom. The first-order valence-electron chi connectivity index (χ1n) is 10.6. The van der Waals surface area contributed by atoms with Gasteiger partial charge in [-0.3, -0.25) is 4.79 Å². The molecule has 0 aliphatic carbocycles. The lowest BCUT2D eigenvalue weighted by molar-refractivity contribution is 0.0729. The first kappa shape index (κ1) is 21.4. The van der Waals surface area contributed by atoms with E-state index < -0.39 is 0 Å². The molecule has 1 amide bonds. The maximum atomic E-state index is 12.9. The summed E-state index contributed by atoms with van der Waals surface area (Å²) in [5.74, 6) is 1.59. The van der Waals surface area contributed by atoms with Gasteiger partial charge >= 0.3 is 0 Å². The Bertz CT molecular complexity index is 825. The van der Waals surface area contributed by atoms with Crippen LogP contribution in [0.1, 0.15) is 40.2 Å². The minimum atomic E-state index is 0.140. The molecule has 29 heavy (non-hydrogen) atoms. The highest BCUT2D eigenvalue weighted by Crippen LogP contribution is 2.21. The molecule has 5 nitrogen and oxygen atoms in total. The van der Waals surface area contributed by atoms with Gasteiger partial charge in [0, 0.05) is 45.1 Å². The lowest BCUT2D eigenvalue weighted by Gasteiger charge is -2.34. The highest BCUT2D eigenvalue weighted by Gasteiger charge is 2.24. The van der Waals surface area contributed by atoms with Crippen LogP contribution in [0.5, 0.6) is 5.75 Å². The van der Waals surface area contributed by atoms with Crippen molar-refractivity contribution in [1.82, 2.24) is 14.4 Å². The third kappa shape index (κ3) is 5.21. The van der Waals surface area contributed by atoms with Crippen molar-refractivity contribution in [3.63, 3.8) is 0 Å². The number of nitrogens with zero attached hydrogens (tertiary/aromatic N) is 3. The highest BCUT2D eigenvalue weighted by atomic mass is 16.5. The van der Waals surface area contributed by atoms with Gasteiger partial charge in [-0.2, -0.15) is 0 Å². The third-order valence-corrected chi connectivity index (χ3v) is 6.36. The van der Waals surface area contributed by atoms with Gasteiger partial charge in [0.1, 0.15) is 5.75 Å². The molecule has 0 spiro atoms. The Kier molecular flexibility index (Phi) is 7.01. The summed E-state index contributed by atoms with van der Waals surface area (Å²) in [6.45, 7) is 8.19. The predicted octanol–water partition coefficient (Wildman–Crippen LogP) is 3.68. The summed E-state index contributed by atoms with van der Waals surface area (Å²) in [6, 6.07) is 10.4. The van der Waals surface area contributed by atoms with Crippen LogP contribution in [0.4, 0.5) is 0 Å². The second-order valence-electron chi connectivity index (χ2n) is 8.44. The Morgan fingerprint density at radius 1 is 1.24 bits per heavy atom. The monoisotopic (exact) mass is 397 g/mol. The second kappa shape index (κ2) is 9.49. The van der Waals surface area contributed by atoms with Crippen molar-refractivity contribution in [2.75, 3.05) is 40.3 Å². The fourth-order valence-electron chi connectivity index (χ4n) is 4.33. The average molecular weight is 398 g/mol. The van der Waals surface area contributed by atoms with Gasteiger partial charge in [-0.05, 0) is 69.3 Å². The lowest BCUT2D eigenvalue weighted by Crippen LogP contribution is -2.42. The molecule has 1 saturated heterocycles. The molecule has 0 radical (unpaired) electrons. The predicted molar refractivity (Wildman–Crippen MR) is 118 cm³/mol. The summed E-state index contributed by atoms with van der Waals surface area (Å²) in [6.07, 6.45) is 3.45. The number of aryl methyl sites for hydroxylation is 1. The highest BCUT2D eigenvalue weighted by molar-refractivity contribution is 5.95. The number of hydrogen-bond donors (Lipinski definition) is 0. The summed E-state index contributed by atoms with van der Waals surface area (Å²) < 4.78 is 7.32. The molecular formula is C24H35N3O2. The molecule has 158 valence electrons. The quantitative estimate of drug-likeness (QED) is 0.715. The van der Waals surface area contributed by atoms with Crippen molar-refractivity contribution in [3.05, 3.63) is 52.8 Å². The molecule has 2 aromatic rings. The molecule has 1 atom stereocenters. The van der Waals surface area contributed by atoms with Gasteiger partial charge in [-0.1, -0.05) is 12.1 Å². The maximum absolute atomic E-state index is 12.9. The molecule has 3 rings (SSSR count). The molecule has 0 bridgehead atoms. The molecule has 0 N–H and O–H groups in total. The fraction of sp³-hybridized carbons (Fsp3) is 0.542. The van der Waals surface area contributed by atoms with E-state index in [4.69, 9.17) is 4.74 Å². The summed E-state index contributed by atoms with van der Waals surface area (Å²) in [7, 11) is 5.66. The van der Waals surface area contributed by atoms with Gasteiger partial charge in [0.25, 0.3) is 5.91 Å². The number of rotatable bonds is 7. The number of hydrogen-bond acceptors (Lipinski definition) is 3. The largest absolute Gasteiger partial charge is 0.497 e. The van der Waals surface area contributed by atoms with Crippen LogP contribution in [0.2, 0.25) is 0 Å². The molecule has 0 saturated carbocycles. The van der Waals surface area contributed by atoms with E-state index in [1.54, 1.807) is 7.11 Å². The first-order chi connectivity index (χ1) is 13.9. The van der Waals surface area contributed by atoms with Crippen molar-refractivity contribution in [2.45, 2.75) is 33.1 Å². The van der Waals surface area contributed by atoms with E-state index in [-0.39, 0.29) is 5.91 Å². The topological polar surface area (TPSA) is 37.7 Å². The van der Waals surface area contributed by atoms with Gasteiger partial charge in [-0.15, -0.1) is 0 Å². The van der Waals surface area contributed by atoms with Gasteiger partial charge in [0.15, 0.2) is 0 Å². The fourth-order valence-corrected chi connectivity index (χ4v) is 4.33. The van der Waals surface area contributed by atoms with E-state index in [1.165, 1.54) is 18.4 Å². The molecule has 1 aliphatic heterocycles. The van der Waals surface area contributed by atoms with Crippen LogP contribution in [0.15, 0.2) is 30.3 Å². The van der Waals surface area contributed by atoms with Crippen molar-refractivity contribution in [3.8, 4) is 5.75 Å². The normalized spacial score (nSPS) is 17.3. The summed E-state index contributed by atoms with van der Waals surface area (Å²) in [5, 5.41) is 0. The molecule has 1 aromatic heterocycles. The van der Waals surface area contributed by atoms with Crippen LogP contribution in [0.3, 0.4) is 0 Å². The van der Waals surface area contributed by atoms with Crippen LogP contribution in [-0.4, -0.2) is 60.6 Å². The Balaban J connectivity index is 1.51. The smallest absolute Gasteiger partial charge is 0.255 e. The number of benzene rings is 1. The van der Waals surface area contributed by atoms with Gasteiger partial charge in [0.2, 0.25) is 0 Å². The lowest BCUT2D eigenvalue weighted by atomic mass is 9.96. The van der Waals surface area contributed by atoms with Crippen LogP contribution >= 0.6 is 0 Å². The van der Waals surface area contributed by atoms with Crippen molar-refractivity contribution >= 4 is 5.91 Å². The number of amides is 1. The molecular weight excluding hydrogens is 362 g/mol. The van der Waals surface area contributed by atoms with E-state index in [2.05, 4.69) is 21.6 Å². The first-order valence-corrected chi connectivity index (χ1v) is 10.6. The number of likely N-dealkylation sites (tertiary alicyclic amines) is 1. The van der Waals surface area contributed by atoms with E-state index in [1.807, 2.05) is 51.0 Å². The second-order valence-corrected chi connectivity index (χ2v) is 8.44. The zero-order valence-electron chi connectivity index (χ0n) is 18.6. The van der Waals surface area contributed by atoms with Gasteiger partial charge in [0.05, 0.1) is 12.7 Å². The molecule has 5 heteroatoms. The number of carbonyl (C=O) groups excluding carboxylic acids is 1. The van der Waals surface area contributed by atoms with E-state index >= 15 is 0 Å². The summed E-state index contributed by atoms with van der Waals surface area (Å²) >= 11 is 0. The van der Waals surface area contributed by atoms with Crippen molar-refractivity contribution < 1.29 is 9.53 Å². The minimum absolute atomic E-state index is 0.140. The molecule has 1 fully saturated rings. The maximum Gasteiger partial charge on any atom is 0.255 e. The number of ether oxygens (including phenoxy) is 1. The number of methoxy groups -OCH3 is 1. The number of piperidine rings is 1. The Hall–Kier alpha value is -2.27. The summed E-state index contributed by atoms with van der Waals surface area (Å²) in [4.78, 5) is 17.4.